The van der Waals surface area contributed by atoms with Gasteiger partial charge in [0, 0.05) is 57.1 Å². The van der Waals surface area contributed by atoms with E-state index in [4.69, 9.17) is 5.73 Å². The average Bonchev–Trinajstić information content (AvgIpc) is 2.91. The molecule has 0 heterocycles. The highest BCUT2D eigenvalue weighted by atomic mass is 19.2. The first kappa shape index (κ1) is 33.9. The average molecular weight is 558 g/mol. The highest BCUT2D eigenvalue weighted by molar-refractivity contribution is 6.03. The molecule has 0 radical (unpaired) electrons. The van der Waals surface area contributed by atoms with Crippen LogP contribution in [0.2, 0.25) is 0 Å². The molecule has 5 N–H and O–H groups in total. The SMILES string of the molecule is C=C(NC(=NCCC)/C(C#CCCCNC(=O)[C@H](C)N(C)C(=O)/C=C/CN(C)C)=C\N)Nc1ccc(F)c(F)c1. The Bertz CT molecular complexity index is 1170. The van der Waals surface area contributed by atoms with E-state index in [0.29, 0.717) is 49.6 Å². The lowest BCUT2D eigenvalue weighted by Gasteiger charge is -2.23. The number of anilines is 1. The van der Waals surface area contributed by atoms with E-state index in [9.17, 15) is 18.4 Å². The monoisotopic (exact) mass is 557 g/mol. The predicted octanol–water partition coefficient (Wildman–Crippen LogP) is 2.95. The molecule has 0 aliphatic carbocycles. The molecule has 0 aromatic heterocycles. The normalized spacial score (nSPS) is 12.5. The molecule has 0 fully saturated rings. The summed E-state index contributed by atoms with van der Waals surface area (Å²) in [4.78, 5) is 32.5. The number of unbranched alkanes of at least 4 members (excludes halogenated alkanes) is 1. The molecule has 218 valence electrons. The summed E-state index contributed by atoms with van der Waals surface area (Å²) in [5.41, 5.74) is 6.54. The Morgan fingerprint density at radius 1 is 1.23 bits per heavy atom. The minimum Gasteiger partial charge on any atom is -0.403 e. The molecule has 0 aliphatic rings. The second kappa shape index (κ2) is 18.2. The number of carbonyl (C=O) groups is 2. The van der Waals surface area contributed by atoms with Crippen LogP contribution in [-0.4, -0.2) is 74.3 Å². The molecule has 0 saturated carbocycles. The van der Waals surface area contributed by atoms with Crippen molar-refractivity contribution in [2.75, 3.05) is 46.1 Å². The smallest absolute Gasteiger partial charge is 0.246 e. The zero-order chi connectivity index (χ0) is 30.1. The second-order valence-corrected chi connectivity index (χ2v) is 9.15. The van der Waals surface area contributed by atoms with Crippen molar-refractivity contribution in [2.24, 2.45) is 10.7 Å². The fourth-order valence-electron chi connectivity index (χ4n) is 3.06. The largest absolute Gasteiger partial charge is 0.403 e. The fraction of sp³-hybridized carbons (Fsp3) is 0.414. The van der Waals surface area contributed by atoms with E-state index in [2.05, 4.69) is 39.4 Å². The Morgan fingerprint density at radius 3 is 2.58 bits per heavy atom. The van der Waals surface area contributed by atoms with Gasteiger partial charge in [-0.25, -0.2) is 8.78 Å². The maximum atomic E-state index is 13.5. The van der Waals surface area contributed by atoms with Crippen LogP contribution in [0.25, 0.3) is 0 Å². The molecule has 1 aromatic rings. The van der Waals surface area contributed by atoms with Crippen molar-refractivity contribution >= 4 is 23.3 Å². The highest BCUT2D eigenvalue weighted by Gasteiger charge is 2.20. The zero-order valence-electron chi connectivity index (χ0n) is 24.0. The van der Waals surface area contributed by atoms with E-state index in [1.165, 1.54) is 23.2 Å². The van der Waals surface area contributed by atoms with Gasteiger partial charge < -0.3 is 31.5 Å². The number of aliphatic imine (C=N–C) groups is 1. The number of nitrogens with zero attached hydrogens (tertiary/aromatic N) is 3. The van der Waals surface area contributed by atoms with Crippen molar-refractivity contribution in [3.05, 3.63) is 66.2 Å². The van der Waals surface area contributed by atoms with Crippen LogP contribution in [0, 0.1) is 23.5 Å². The minimum atomic E-state index is -0.981. The summed E-state index contributed by atoms with van der Waals surface area (Å²) in [7, 11) is 5.39. The van der Waals surface area contributed by atoms with Gasteiger partial charge in [0.2, 0.25) is 11.8 Å². The molecule has 0 saturated heterocycles. The Labute approximate surface area is 236 Å². The van der Waals surface area contributed by atoms with Crippen LogP contribution in [0.4, 0.5) is 14.5 Å². The van der Waals surface area contributed by atoms with Crippen LogP contribution < -0.4 is 21.7 Å². The number of hydrogen-bond donors (Lipinski definition) is 4. The number of rotatable bonds is 14. The molecule has 1 atom stereocenters. The van der Waals surface area contributed by atoms with Gasteiger partial charge in [0.15, 0.2) is 11.6 Å². The molecule has 0 bridgehead atoms. The maximum Gasteiger partial charge on any atom is 0.246 e. The molecular weight excluding hydrogens is 516 g/mol. The summed E-state index contributed by atoms with van der Waals surface area (Å²) in [6, 6.07) is 2.79. The molecule has 0 aliphatic heterocycles. The standard InChI is InChI=1S/C29H41F2N7O2/c1-7-16-33-28(36-22(3)35-24-14-15-25(30)26(31)19-24)23(20-32)12-9-8-10-17-34-29(40)21(2)38(6)27(39)13-11-18-37(4)5/h11,13-15,19-21,35H,3,7-8,10,16-18,32H2,1-2,4-6H3,(H,33,36)(H,34,40)/b13-11+,23-20-/t21-/m0/s1. The summed E-state index contributed by atoms with van der Waals surface area (Å²) in [5.74, 6) is 4.22. The Balaban J connectivity index is 2.63. The van der Waals surface area contributed by atoms with Crippen molar-refractivity contribution in [3.63, 3.8) is 0 Å². The fourth-order valence-corrected chi connectivity index (χ4v) is 3.06. The van der Waals surface area contributed by atoms with Crippen LogP contribution in [0.5, 0.6) is 0 Å². The first-order valence-corrected chi connectivity index (χ1v) is 13.0. The first-order valence-electron chi connectivity index (χ1n) is 13.0. The van der Waals surface area contributed by atoms with E-state index in [1.807, 2.05) is 25.9 Å². The molecule has 0 spiro atoms. The highest BCUT2D eigenvalue weighted by Crippen LogP contribution is 2.14. The first-order chi connectivity index (χ1) is 19.0. The zero-order valence-corrected chi connectivity index (χ0v) is 24.0. The maximum absolute atomic E-state index is 13.5. The van der Waals surface area contributed by atoms with Gasteiger partial charge in [-0.1, -0.05) is 31.4 Å². The third-order valence-electron chi connectivity index (χ3n) is 5.44. The molecule has 2 amide bonds. The van der Waals surface area contributed by atoms with Crippen molar-refractivity contribution in [2.45, 2.75) is 39.2 Å². The van der Waals surface area contributed by atoms with Crippen molar-refractivity contribution in [1.29, 1.82) is 0 Å². The summed E-state index contributed by atoms with van der Waals surface area (Å²) in [6.45, 7) is 9.03. The van der Waals surface area contributed by atoms with Gasteiger partial charge in [0.1, 0.15) is 17.7 Å². The van der Waals surface area contributed by atoms with Crippen molar-refractivity contribution in [3.8, 4) is 11.8 Å². The van der Waals surface area contributed by atoms with Gasteiger partial charge in [-0.05, 0) is 46.0 Å². The van der Waals surface area contributed by atoms with E-state index < -0.39 is 17.7 Å². The number of halogens is 2. The number of nitrogens with one attached hydrogen (secondary N) is 3. The van der Waals surface area contributed by atoms with Gasteiger partial charge in [-0.3, -0.25) is 14.6 Å². The van der Waals surface area contributed by atoms with Crippen LogP contribution in [-0.2, 0) is 9.59 Å². The van der Waals surface area contributed by atoms with Crippen LogP contribution in [0.15, 0.2) is 59.5 Å². The van der Waals surface area contributed by atoms with E-state index >= 15 is 0 Å². The lowest BCUT2D eigenvalue weighted by molar-refractivity contribution is -0.135. The molecule has 0 unspecified atom stereocenters. The predicted molar refractivity (Wildman–Crippen MR) is 157 cm³/mol. The number of amidine groups is 1. The number of benzene rings is 1. The minimum absolute atomic E-state index is 0.242. The number of carbonyl (C=O) groups excluding carboxylic acids is 2. The summed E-state index contributed by atoms with van der Waals surface area (Å²) < 4.78 is 26.7. The van der Waals surface area contributed by atoms with Gasteiger partial charge in [-0.15, -0.1) is 0 Å². The van der Waals surface area contributed by atoms with E-state index in [-0.39, 0.29) is 17.6 Å². The number of amides is 2. The molecule has 11 heteroatoms. The Morgan fingerprint density at radius 2 is 1.95 bits per heavy atom. The van der Waals surface area contributed by atoms with Gasteiger partial charge >= 0.3 is 0 Å². The van der Waals surface area contributed by atoms with Gasteiger partial charge in [0.05, 0.1) is 5.57 Å². The van der Waals surface area contributed by atoms with Gasteiger partial charge in [0.25, 0.3) is 0 Å². The Hall–Kier alpha value is -4.17. The second-order valence-electron chi connectivity index (χ2n) is 9.15. The number of nitrogens with two attached hydrogens (primary N) is 1. The summed E-state index contributed by atoms with van der Waals surface area (Å²) in [5, 5.41) is 8.66. The Kier molecular flexibility index (Phi) is 15.4. The number of likely N-dealkylation sites (N-methyl/N-ethyl adjacent to an activating group) is 2. The lowest BCUT2D eigenvalue weighted by atomic mass is 10.2. The lowest BCUT2D eigenvalue weighted by Crippen LogP contribution is -2.45. The van der Waals surface area contributed by atoms with Crippen LogP contribution in [0.3, 0.4) is 0 Å². The van der Waals surface area contributed by atoms with Gasteiger partial charge in [-0.2, -0.15) is 0 Å². The molecular formula is C29H41F2N7O2. The van der Waals surface area contributed by atoms with E-state index in [0.717, 1.165) is 18.6 Å². The third kappa shape index (κ3) is 12.6. The van der Waals surface area contributed by atoms with Crippen molar-refractivity contribution < 1.29 is 18.4 Å². The van der Waals surface area contributed by atoms with Crippen LogP contribution >= 0.6 is 0 Å². The van der Waals surface area contributed by atoms with Crippen LogP contribution in [0.1, 0.15) is 33.1 Å². The molecule has 40 heavy (non-hydrogen) atoms. The summed E-state index contributed by atoms with van der Waals surface area (Å²) in [6.07, 6.45) is 6.38. The quantitative estimate of drug-likeness (QED) is 0.0920. The number of hydrogen-bond acceptors (Lipinski definition) is 6. The van der Waals surface area contributed by atoms with E-state index in [1.54, 1.807) is 20.0 Å². The molecule has 1 rings (SSSR count). The topological polar surface area (TPSA) is 115 Å². The molecule has 1 aromatic carbocycles. The molecule has 9 nitrogen and oxygen atoms in total. The van der Waals surface area contributed by atoms with Crippen molar-refractivity contribution in [1.82, 2.24) is 20.4 Å². The third-order valence-corrected chi connectivity index (χ3v) is 5.44. The summed E-state index contributed by atoms with van der Waals surface area (Å²) >= 11 is 0.